The molecule has 0 spiro atoms. The number of carbonyl (C=O) groups excluding carboxylic acids is 2. The Balaban J connectivity index is 1.45. The Kier molecular flexibility index (Phi) is 8.58. The maximum atomic E-state index is 12.8. The van der Waals surface area contributed by atoms with Crippen LogP contribution in [0.1, 0.15) is 42.3 Å². The molecule has 0 N–H and O–H groups in total. The van der Waals surface area contributed by atoms with Crippen LogP contribution < -0.4 is 4.74 Å². The number of aromatic nitrogens is 1. The third-order valence-corrected chi connectivity index (χ3v) is 6.28. The van der Waals surface area contributed by atoms with Gasteiger partial charge >= 0.3 is 11.9 Å². The molecular formula is C31H31NO6. The summed E-state index contributed by atoms with van der Waals surface area (Å²) in [5.41, 5.74) is 5.88. The summed E-state index contributed by atoms with van der Waals surface area (Å²) >= 11 is 0. The lowest BCUT2D eigenvalue weighted by Crippen LogP contribution is -2.12. The second kappa shape index (κ2) is 12.2. The molecule has 0 radical (unpaired) electrons. The lowest BCUT2D eigenvalue weighted by Gasteiger charge is -2.16. The van der Waals surface area contributed by atoms with Gasteiger partial charge in [-0.3, -0.25) is 9.59 Å². The summed E-state index contributed by atoms with van der Waals surface area (Å²) in [4.78, 5) is 24.5. The Morgan fingerprint density at radius 1 is 0.868 bits per heavy atom. The number of carbonyl (C=O) groups is 2. The van der Waals surface area contributed by atoms with Crippen molar-refractivity contribution in [2.75, 3.05) is 13.7 Å². The third-order valence-electron chi connectivity index (χ3n) is 6.28. The summed E-state index contributed by atoms with van der Waals surface area (Å²) in [6.07, 6.45) is -0.181. The SMILES string of the molecule is CCOC(=O)Cc1ccc(-c2ccc(-c3onc(C)c3CC(=O)OC(C)c3ccccc3OC)cc2)cc1. The van der Waals surface area contributed by atoms with Crippen molar-refractivity contribution in [3.05, 3.63) is 95.2 Å². The van der Waals surface area contributed by atoms with E-state index in [1.807, 2.05) is 86.6 Å². The molecule has 0 saturated heterocycles. The molecule has 0 aliphatic heterocycles. The zero-order valence-electron chi connectivity index (χ0n) is 22.0. The predicted molar refractivity (Wildman–Crippen MR) is 144 cm³/mol. The molecule has 0 saturated carbocycles. The number of hydrogen-bond acceptors (Lipinski definition) is 7. The summed E-state index contributed by atoms with van der Waals surface area (Å²) in [5, 5.41) is 4.10. The molecule has 7 nitrogen and oxygen atoms in total. The van der Waals surface area contributed by atoms with E-state index in [1.54, 1.807) is 14.0 Å². The van der Waals surface area contributed by atoms with Crippen LogP contribution >= 0.6 is 0 Å². The van der Waals surface area contributed by atoms with Crippen molar-refractivity contribution in [2.24, 2.45) is 0 Å². The summed E-state index contributed by atoms with van der Waals surface area (Å²) in [7, 11) is 1.59. The first kappa shape index (κ1) is 26.7. The summed E-state index contributed by atoms with van der Waals surface area (Å²) in [5.74, 6) is 0.598. The van der Waals surface area contributed by atoms with E-state index in [9.17, 15) is 9.59 Å². The highest BCUT2D eigenvalue weighted by Gasteiger charge is 2.22. The third kappa shape index (κ3) is 6.29. The number of rotatable bonds is 10. The van der Waals surface area contributed by atoms with E-state index < -0.39 is 6.10 Å². The molecule has 0 bridgehead atoms. The fraction of sp³-hybridized carbons (Fsp3) is 0.258. The van der Waals surface area contributed by atoms with Crippen molar-refractivity contribution in [1.29, 1.82) is 0 Å². The molecule has 1 unspecified atom stereocenters. The van der Waals surface area contributed by atoms with Gasteiger partial charge in [0.15, 0.2) is 5.76 Å². The van der Waals surface area contributed by atoms with Crippen LogP contribution in [0, 0.1) is 6.92 Å². The Labute approximate surface area is 222 Å². The summed E-state index contributed by atoms with van der Waals surface area (Å²) < 4.78 is 21.7. The van der Waals surface area contributed by atoms with Crippen LogP contribution in [0.3, 0.4) is 0 Å². The van der Waals surface area contributed by atoms with Gasteiger partial charge in [-0.15, -0.1) is 0 Å². The van der Waals surface area contributed by atoms with Crippen LogP contribution in [0.5, 0.6) is 5.75 Å². The molecule has 4 aromatic rings. The molecule has 0 aliphatic rings. The van der Waals surface area contributed by atoms with Gasteiger partial charge in [0.2, 0.25) is 0 Å². The quantitative estimate of drug-likeness (QED) is 0.231. The van der Waals surface area contributed by atoms with E-state index in [1.165, 1.54) is 0 Å². The number of benzene rings is 3. The predicted octanol–water partition coefficient (Wildman–Crippen LogP) is 6.28. The van der Waals surface area contributed by atoms with E-state index in [0.29, 0.717) is 29.4 Å². The Morgan fingerprint density at radius 3 is 2.16 bits per heavy atom. The number of esters is 2. The first-order chi connectivity index (χ1) is 18.4. The lowest BCUT2D eigenvalue weighted by molar-refractivity contribution is -0.148. The van der Waals surface area contributed by atoms with Gasteiger partial charge in [-0.25, -0.2) is 0 Å². The van der Waals surface area contributed by atoms with Crippen molar-refractivity contribution in [3.8, 4) is 28.2 Å². The molecule has 7 heteroatoms. The van der Waals surface area contributed by atoms with Crippen LogP contribution in [0.15, 0.2) is 77.3 Å². The molecule has 0 aliphatic carbocycles. The van der Waals surface area contributed by atoms with E-state index in [0.717, 1.165) is 27.8 Å². The Bertz CT molecular complexity index is 1390. The first-order valence-electron chi connectivity index (χ1n) is 12.5. The van der Waals surface area contributed by atoms with Gasteiger partial charge in [-0.2, -0.15) is 0 Å². The molecule has 1 atom stereocenters. The standard InChI is InChI=1S/C31H31NO6/c1-5-36-29(33)18-22-10-12-23(13-11-22)24-14-16-25(17-15-24)31-27(20(2)32-38-31)19-30(34)37-21(3)26-8-6-7-9-28(26)35-4/h6-17,21H,5,18-19H2,1-4H3. The van der Waals surface area contributed by atoms with Gasteiger partial charge in [0.25, 0.3) is 0 Å². The summed E-state index contributed by atoms with van der Waals surface area (Å²) in [6.45, 7) is 5.80. The number of hydrogen-bond donors (Lipinski definition) is 0. The average Bonchev–Trinajstić information content (AvgIpc) is 3.28. The molecular weight excluding hydrogens is 482 g/mol. The van der Waals surface area contributed by atoms with Gasteiger partial charge in [-0.1, -0.05) is 71.9 Å². The van der Waals surface area contributed by atoms with Gasteiger partial charge in [0.1, 0.15) is 11.9 Å². The molecule has 196 valence electrons. The minimum Gasteiger partial charge on any atom is -0.496 e. The zero-order chi connectivity index (χ0) is 27.1. The Hall–Kier alpha value is -4.39. The topological polar surface area (TPSA) is 87.9 Å². The van der Waals surface area contributed by atoms with Crippen LogP contribution in [-0.2, 0) is 31.9 Å². The first-order valence-corrected chi connectivity index (χ1v) is 12.5. The van der Waals surface area contributed by atoms with E-state index >= 15 is 0 Å². The highest BCUT2D eigenvalue weighted by atomic mass is 16.5. The van der Waals surface area contributed by atoms with Gasteiger partial charge in [0, 0.05) is 16.7 Å². The van der Waals surface area contributed by atoms with Crippen LogP contribution in [0.4, 0.5) is 0 Å². The van der Waals surface area contributed by atoms with Crippen LogP contribution in [-0.4, -0.2) is 30.8 Å². The number of ether oxygens (including phenoxy) is 3. The van der Waals surface area contributed by atoms with Crippen molar-refractivity contribution >= 4 is 11.9 Å². The number of nitrogens with zero attached hydrogens (tertiary/aromatic N) is 1. The summed E-state index contributed by atoms with van der Waals surface area (Å²) in [6, 6.07) is 23.1. The van der Waals surface area contributed by atoms with Crippen LogP contribution in [0.2, 0.25) is 0 Å². The second-order valence-electron chi connectivity index (χ2n) is 8.88. The molecule has 1 heterocycles. The molecule has 38 heavy (non-hydrogen) atoms. The molecule has 0 fully saturated rings. The minimum absolute atomic E-state index is 0.0356. The fourth-order valence-corrected chi connectivity index (χ4v) is 4.28. The number of para-hydroxylation sites is 1. The smallest absolute Gasteiger partial charge is 0.311 e. The number of aryl methyl sites for hydroxylation is 1. The highest BCUT2D eigenvalue weighted by Crippen LogP contribution is 2.31. The van der Waals surface area contributed by atoms with E-state index in [-0.39, 0.29) is 24.8 Å². The molecule has 3 aromatic carbocycles. The maximum absolute atomic E-state index is 12.8. The van der Waals surface area contributed by atoms with E-state index in [2.05, 4.69) is 5.16 Å². The van der Waals surface area contributed by atoms with E-state index in [4.69, 9.17) is 18.7 Å². The van der Waals surface area contributed by atoms with Gasteiger partial charge in [-0.05, 0) is 43.5 Å². The minimum atomic E-state index is -0.467. The fourth-order valence-electron chi connectivity index (χ4n) is 4.28. The zero-order valence-corrected chi connectivity index (χ0v) is 22.0. The Morgan fingerprint density at radius 2 is 1.50 bits per heavy atom. The highest BCUT2D eigenvalue weighted by molar-refractivity contribution is 5.78. The monoisotopic (exact) mass is 513 g/mol. The number of methoxy groups -OCH3 is 1. The normalized spacial score (nSPS) is 11.6. The van der Waals surface area contributed by atoms with Crippen molar-refractivity contribution in [3.63, 3.8) is 0 Å². The van der Waals surface area contributed by atoms with Crippen molar-refractivity contribution < 1.29 is 28.3 Å². The van der Waals surface area contributed by atoms with Gasteiger partial charge < -0.3 is 18.7 Å². The van der Waals surface area contributed by atoms with Crippen molar-refractivity contribution in [2.45, 2.75) is 39.7 Å². The van der Waals surface area contributed by atoms with Crippen molar-refractivity contribution in [1.82, 2.24) is 5.16 Å². The van der Waals surface area contributed by atoms with Crippen LogP contribution in [0.25, 0.3) is 22.5 Å². The molecule has 1 aromatic heterocycles. The largest absolute Gasteiger partial charge is 0.496 e. The molecule has 4 rings (SSSR count). The second-order valence-corrected chi connectivity index (χ2v) is 8.88. The maximum Gasteiger partial charge on any atom is 0.311 e. The lowest BCUT2D eigenvalue weighted by atomic mass is 9.99. The average molecular weight is 514 g/mol. The molecule has 0 amide bonds. The van der Waals surface area contributed by atoms with Gasteiger partial charge in [0.05, 0.1) is 32.3 Å².